The molecule has 0 bridgehead atoms. The lowest BCUT2D eigenvalue weighted by Gasteiger charge is -2.00. The zero-order valence-corrected chi connectivity index (χ0v) is 13.7. The highest BCUT2D eigenvalue weighted by molar-refractivity contribution is 14.1. The molecule has 1 N–H and O–H groups in total. The van der Waals surface area contributed by atoms with Gasteiger partial charge in [0.25, 0.3) is 0 Å². The first kappa shape index (κ1) is 14.3. The van der Waals surface area contributed by atoms with Crippen molar-refractivity contribution >= 4 is 50.0 Å². The molecule has 0 atom stereocenters. The molecule has 0 unspecified atom stereocenters. The number of halogens is 2. The Morgan fingerprint density at radius 3 is 2.32 bits per heavy atom. The second-order valence-electron chi connectivity index (χ2n) is 3.86. The molecule has 2 rings (SSSR count). The minimum atomic E-state index is -0.0227. The van der Waals surface area contributed by atoms with Crippen LogP contribution in [0.25, 0.3) is 0 Å². The van der Waals surface area contributed by atoms with Gasteiger partial charge in [0.2, 0.25) is 0 Å². The van der Waals surface area contributed by atoms with Gasteiger partial charge in [-0.2, -0.15) is 0 Å². The Labute approximate surface area is 134 Å². The number of allylic oxidation sites excluding steroid dienone is 1. The number of ketones is 1. The first-order chi connectivity index (χ1) is 9.15. The Bertz CT molecular complexity index is 591. The molecular weight excluding hydrogens is 417 g/mol. The van der Waals surface area contributed by atoms with E-state index >= 15 is 0 Å². The third-order valence-electron chi connectivity index (χ3n) is 2.46. The molecule has 0 aliphatic heterocycles. The molecule has 0 spiro atoms. The average molecular weight is 428 g/mol. The van der Waals surface area contributed by atoms with E-state index in [9.17, 15) is 4.79 Å². The second-order valence-corrected chi connectivity index (χ2v) is 6.02. The molecule has 96 valence electrons. The Morgan fingerprint density at radius 2 is 1.68 bits per heavy atom. The van der Waals surface area contributed by atoms with Crippen LogP contribution < -0.4 is 5.32 Å². The molecule has 0 fully saturated rings. The maximum atomic E-state index is 11.9. The van der Waals surface area contributed by atoms with Crippen molar-refractivity contribution in [2.45, 2.75) is 0 Å². The van der Waals surface area contributed by atoms with Crippen molar-refractivity contribution < 1.29 is 4.79 Å². The van der Waals surface area contributed by atoms with Crippen molar-refractivity contribution in [2.75, 3.05) is 5.32 Å². The minimum absolute atomic E-state index is 0.0227. The van der Waals surface area contributed by atoms with Crippen LogP contribution in [-0.4, -0.2) is 5.78 Å². The van der Waals surface area contributed by atoms with Crippen LogP contribution in [0.4, 0.5) is 5.69 Å². The van der Waals surface area contributed by atoms with E-state index in [1.165, 1.54) is 9.65 Å². The summed E-state index contributed by atoms with van der Waals surface area (Å²) < 4.78 is 2.14. The first-order valence-corrected chi connectivity index (χ1v) is 7.51. The SMILES string of the molecule is O=C(C=CNc1ccc(I)cc1)c1ccc(Br)cc1. The lowest BCUT2D eigenvalue weighted by atomic mass is 10.1. The van der Waals surface area contributed by atoms with E-state index in [2.05, 4.69) is 43.8 Å². The summed E-state index contributed by atoms with van der Waals surface area (Å²) >= 11 is 5.59. The Hall–Kier alpha value is -1.14. The van der Waals surface area contributed by atoms with Crippen LogP contribution in [0.3, 0.4) is 0 Å². The third kappa shape index (κ3) is 4.47. The zero-order chi connectivity index (χ0) is 13.7. The molecule has 4 heteroatoms. The van der Waals surface area contributed by atoms with Gasteiger partial charge in [-0.3, -0.25) is 4.79 Å². The molecule has 0 aromatic heterocycles. The van der Waals surface area contributed by atoms with Crippen LogP contribution in [-0.2, 0) is 0 Å². The Morgan fingerprint density at radius 1 is 1.05 bits per heavy atom. The molecule has 0 aliphatic carbocycles. The average Bonchev–Trinajstić information content (AvgIpc) is 2.41. The predicted molar refractivity (Wildman–Crippen MR) is 90.4 cm³/mol. The largest absolute Gasteiger partial charge is 0.362 e. The predicted octanol–water partition coefficient (Wildman–Crippen LogP) is 4.86. The summed E-state index contributed by atoms with van der Waals surface area (Å²) in [6.07, 6.45) is 3.19. The van der Waals surface area contributed by atoms with E-state index in [4.69, 9.17) is 0 Å². The van der Waals surface area contributed by atoms with Gasteiger partial charge in [0.15, 0.2) is 5.78 Å². The second kappa shape index (κ2) is 6.86. The molecule has 0 amide bonds. The third-order valence-corrected chi connectivity index (χ3v) is 3.71. The standard InChI is InChI=1S/C15H11BrINO/c16-12-3-1-11(2-4-12)15(19)9-10-18-14-7-5-13(17)6-8-14/h1-10,18H. The summed E-state index contributed by atoms with van der Waals surface area (Å²) in [5, 5.41) is 3.07. The molecule has 0 saturated carbocycles. The van der Waals surface area contributed by atoms with E-state index < -0.39 is 0 Å². The van der Waals surface area contributed by atoms with Crippen LogP contribution in [0.5, 0.6) is 0 Å². The van der Waals surface area contributed by atoms with E-state index in [-0.39, 0.29) is 5.78 Å². The van der Waals surface area contributed by atoms with Crippen molar-refractivity contribution in [2.24, 2.45) is 0 Å². The molecule has 0 radical (unpaired) electrons. The molecule has 0 heterocycles. The van der Waals surface area contributed by atoms with Crippen molar-refractivity contribution in [1.29, 1.82) is 0 Å². The summed E-state index contributed by atoms with van der Waals surface area (Å²) in [5.74, 6) is -0.0227. The van der Waals surface area contributed by atoms with Gasteiger partial charge in [-0.05, 0) is 71.1 Å². The molecule has 2 aromatic rings. The summed E-state index contributed by atoms with van der Waals surface area (Å²) in [6.45, 7) is 0. The fraction of sp³-hybridized carbons (Fsp3) is 0. The number of carbonyl (C=O) groups is 1. The van der Waals surface area contributed by atoms with Crippen LogP contribution in [0.2, 0.25) is 0 Å². The topological polar surface area (TPSA) is 29.1 Å². The van der Waals surface area contributed by atoms with Gasteiger partial charge < -0.3 is 5.32 Å². The molecule has 2 aromatic carbocycles. The van der Waals surface area contributed by atoms with Gasteiger partial charge in [0, 0.05) is 31.6 Å². The lowest BCUT2D eigenvalue weighted by molar-refractivity contribution is 0.104. The van der Waals surface area contributed by atoms with Crippen LogP contribution in [0.15, 0.2) is 65.3 Å². The van der Waals surface area contributed by atoms with Crippen molar-refractivity contribution in [3.8, 4) is 0 Å². The van der Waals surface area contributed by atoms with Crippen LogP contribution >= 0.6 is 38.5 Å². The van der Waals surface area contributed by atoms with E-state index in [1.54, 1.807) is 18.3 Å². The first-order valence-electron chi connectivity index (χ1n) is 5.64. The highest BCUT2D eigenvalue weighted by atomic mass is 127. The van der Waals surface area contributed by atoms with Crippen LogP contribution in [0, 0.1) is 3.57 Å². The van der Waals surface area contributed by atoms with Crippen molar-refractivity contribution in [1.82, 2.24) is 0 Å². The molecule has 0 aliphatic rings. The van der Waals surface area contributed by atoms with Gasteiger partial charge in [-0.15, -0.1) is 0 Å². The fourth-order valence-electron chi connectivity index (χ4n) is 1.47. The smallest absolute Gasteiger partial charge is 0.187 e. The number of anilines is 1. The lowest BCUT2D eigenvalue weighted by Crippen LogP contribution is -1.96. The number of hydrogen-bond acceptors (Lipinski definition) is 2. The van der Waals surface area contributed by atoms with Gasteiger partial charge in [0.05, 0.1) is 0 Å². The molecule has 2 nitrogen and oxygen atoms in total. The van der Waals surface area contributed by atoms with Crippen molar-refractivity contribution in [3.63, 3.8) is 0 Å². The van der Waals surface area contributed by atoms with E-state index in [0.717, 1.165) is 10.2 Å². The number of hydrogen-bond donors (Lipinski definition) is 1. The van der Waals surface area contributed by atoms with Gasteiger partial charge in [-0.1, -0.05) is 15.9 Å². The molecule has 19 heavy (non-hydrogen) atoms. The molecule has 0 saturated heterocycles. The normalized spacial score (nSPS) is 10.6. The summed E-state index contributed by atoms with van der Waals surface area (Å²) in [5.41, 5.74) is 1.63. The maximum Gasteiger partial charge on any atom is 0.187 e. The van der Waals surface area contributed by atoms with Crippen molar-refractivity contribution in [3.05, 3.63) is 74.4 Å². The summed E-state index contributed by atoms with van der Waals surface area (Å²) in [4.78, 5) is 11.9. The quantitative estimate of drug-likeness (QED) is 0.428. The summed E-state index contributed by atoms with van der Waals surface area (Å²) in [6, 6.07) is 15.2. The minimum Gasteiger partial charge on any atom is -0.362 e. The number of rotatable bonds is 4. The Balaban J connectivity index is 1.97. The van der Waals surface area contributed by atoms with Gasteiger partial charge in [-0.25, -0.2) is 0 Å². The van der Waals surface area contributed by atoms with E-state index in [0.29, 0.717) is 5.56 Å². The highest BCUT2D eigenvalue weighted by Gasteiger charge is 2.00. The zero-order valence-electron chi connectivity index (χ0n) is 9.94. The number of carbonyl (C=O) groups excluding carboxylic acids is 1. The monoisotopic (exact) mass is 427 g/mol. The highest BCUT2D eigenvalue weighted by Crippen LogP contribution is 2.12. The number of benzene rings is 2. The molecular formula is C15H11BrINO. The Kier molecular flexibility index (Phi) is 5.15. The van der Waals surface area contributed by atoms with E-state index in [1.807, 2.05) is 36.4 Å². The van der Waals surface area contributed by atoms with Crippen LogP contribution in [0.1, 0.15) is 10.4 Å². The fourth-order valence-corrected chi connectivity index (χ4v) is 2.09. The summed E-state index contributed by atoms with van der Waals surface area (Å²) in [7, 11) is 0. The number of nitrogens with one attached hydrogen (secondary N) is 1. The maximum absolute atomic E-state index is 11.9. The van der Waals surface area contributed by atoms with Gasteiger partial charge >= 0.3 is 0 Å². The van der Waals surface area contributed by atoms with Gasteiger partial charge in [0.1, 0.15) is 0 Å².